The van der Waals surface area contributed by atoms with Gasteiger partial charge in [-0.05, 0) is 132 Å². The largest absolute Gasteiger partial charge is 0.415 e. The lowest BCUT2D eigenvalue weighted by Gasteiger charge is -2.61. The fourth-order valence-corrected chi connectivity index (χ4v) is 10.9. The molecular formula is C25H48O2Si2. The van der Waals surface area contributed by atoms with Gasteiger partial charge in [0.1, 0.15) is 0 Å². The van der Waals surface area contributed by atoms with Gasteiger partial charge in [-0.2, -0.15) is 0 Å². The molecule has 0 bridgehead atoms. The van der Waals surface area contributed by atoms with Crippen LogP contribution in [0.3, 0.4) is 0 Å². The van der Waals surface area contributed by atoms with E-state index in [1.165, 1.54) is 57.8 Å². The average Bonchev–Trinajstić information content (AvgIpc) is 2.89. The summed E-state index contributed by atoms with van der Waals surface area (Å²) in [4.78, 5) is 0. The van der Waals surface area contributed by atoms with Crippen LogP contribution in [0.15, 0.2) is 0 Å². The topological polar surface area (TPSA) is 18.5 Å². The van der Waals surface area contributed by atoms with E-state index in [1.54, 1.807) is 0 Å². The summed E-state index contributed by atoms with van der Waals surface area (Å²) in [7, 11) is -2.90. The molecule has 0 N–H and O–H groups in total. The normalized spacial score (nSPS) is 48.0. The van der Waals surface area contributed by atoms with Crippen LogP contribution in [0.25, 0.3) is 0 Å². The van der Waals surface area contributed by atoms with E-state index in [9.17, 15) is 0 Å². The molecule has 0 radical (unpaired) electrons. The van der Waals surface area contributed by atoms with Crippen molar-refractivity contribution in [3.8, 4) is 0 Å². The van der Waals surface area contributed by atoms with Gasteiger partial charge in [0.15, 0.2) is 16.6 Å². The maximum Gasteiger partial charge on any atom is 0.184 e. The molecule has 7 unspecified atom stereocenters. The monoisotopic (exact) mass is 436 g/mol. The summed E-state index contributed by atoms with van der Waals surface area (Å²) < 4.78 is 13.3. The Morgan fingerprint density at radius 3 is 1.93 bits per heavy atom. The lowest BCUT2D eigenvalue weighted by atomic mass is 9.45. The Labute approximate surface area is 183 Å². The zero-order valence-corrected chi connectivity index (χ0v) is 22.6. The first-order valence-electron chi connectivity index (χ1n) is 12.7. The van der Waals surface area contributed by atoms with E-state index < -0.39 is 16.6 Å². The van der Waals surface area contributed by atoms with E-state index in [0.717, 1.165) is 23.7 Å². The van der Waals surface area contributed by atoms with Crippen LogP contribution in [0.4, 0.5) is 0 Å². The van der Waals surface area contributed by atoms with Gasteiger partial charge in [0, 0.05) is 6.10 Å². The Balaban J connectivity index is 1.49. The minimum atomic E-state index is -1.47. The third kappa shape index (κ3) is 4.21. The highest BCUT2D eigenvalue weighted by Gasteiger charge is 2.60. The fourth-order valence-electron chi connectivity index (χ4n) is 8.40. The number of rotatable bonds is 4. The van der Waals surface area contributed by atoms with Crippen LogP contribution in [0.2, 0.25) is 39.3 Å². The maximum absolute atomic E-state index is 6.77. The number of fused-ring (bicyclic) bond motifs is 5. The van der Waals surface area contributed by atoms with E-state index in [1.807, 2.05) is 0 Å². The molecule has 0 amide bonds. The van der Waals surface area contributed by atoms with Crippen LogP contribution in [0.1, 0.15) is 71.6 Å². The van der Waals surface area contributed by atoms with Crippen molar-refractivity contribution in [2.75, 3.05) is 0 Å². The van der Waals surface area contributed by atoms with Crippen LogP contribution >= 0.6 is 0 Å². The third-order valence-electron chi connectivity index (χ3n) is 9.55. The summed E-state index contributed by atoms with van der Waals surface area (Å²) in [5.74, 6) is 3.73. The first-order chi connectivity index (χ1) is 13.3. The first-order valence-corrected chi connectivity index (χ1v) is 19.5. The van der Waals surface area contributed by atoms with Crippen molar-refractivity contribution in [1.82, 2.24) is 0 Å². The standard InChI is InChI=1S/C25H48O2Si2/c1-24-15-13-19(26-28(3,4)5)17-18(24)9-10-20-21-11-12-23(27-29(6,7)8)25(21,2)16-14-22(20)24/h18-23H,9-17H2,1-8H3/t18?,19-,20?,21?,22?,23?,24?,25?/m1/s1. The predicted molar refractivity (Wildman–Crippen MR) is 128 cm³/mol. The van der Waals surface area contributed by atoms with Gasteiger partial charge in [-0.25, -0.2) is 0 Å². The van der Waals surface area contributed by atoms with Crippen LogP contribution in [-0.2, 0) is 8.85 Å². The van der Waals surface area contributed by atoms with Crippen LogP contribution in [0, 0.1) is 34.5 Å². The van der Waals surface area contributed by atoms with Gasteiger partial charge < -0.3 is 8.85 Å². The molecule has 0 heterocycles. The second kappa shape index (κ2) is 7.45. The Hall–Kier alpha value is 0.354. The zero-order valence-electron chi connectivity index (χ0n) is 20.6. The molecular weight excluding hydrogens is 388 g/mol. The molecule has 0 aliphatic heterocycles. The lowest BCUT2D eigenvalue weighted by Crippen LogP contribution is -2.55. The van der Waals surface area contributed by atoms with Crippen molar-refractivity contribution in [3.63, 3.8) is 0 Å². The summed E-state index contributed by atoms with van der Waals surface area (Å²) in [6.45, 7) is 19.5. The second-order valence-electron chi connectivity index (χ2n) is 13.6. The summed E-state index contributed by atoms with van der Waals surface area (Å²) in [5.41, 5.74) is 1.02. The van der Waals surface area contributed by atoms with E-state index >= 15 is 0 Å². The molecule has 29 heavy (non-hydrogen) atoms. The molecule has 168 valence electrons. The Bertz CT molecular complexity index is 609. The molecule has 8 atom stereocenters. The summed E-state index contributed by atoms with van der Waals surface area (Å²) in [6, 6.07) is 0. The van der Waals surface area contributed by atoms with Gasteiger partial charge in [0.2, 0.25) is 0 Å². The van der Waals surface area contributed by atoms with Crippen molar-refractivity contribution in [1.29, 1.82) is 0 Å². The average molecular weight is 437 g/mol. The Morgan fingerprint density at radius 2 is 1.28 bits per heavy atom. The predicted octanol–water partition coefficient (Wildman–Crippen LogP) is 7.47. The summed E-state index contributed by atoms with van der Waals surface area (Å²) in [5, 5.41) is 0. The quantitative estimate of drug-likeness (QED) is 0.425. The van der Waals surface area contributed by atoms with Gasteiger partial charge in [0.25, 0.3) is 0 Å². The van der Waals surface area contributed by atoms with Gasteiger partial charge in [-0.15, -0.1) is 0 Å². The van der Waals surface area contributed by atoms with E-state index in [0.29, 0.717) is 23.0 Å². The lowest BCUT2D eigenvalue weighted by molar-refractivity contribution is -0.130. The molecule has 0 aromatic rings. The molecule has 4 aliphatic carbocycles. The van der Waals surface area contributed by atoms with Crippen LogP contribution < -0.4 is 0 Å². The number of hydrogen-bond acceptors (Lipinski definition) is 2. The smallest absolute Gasteiger partial charge is 0.184 e. The highest BCUT2D eigenvalue weighted by molar-refractivity contribution is 6.70. The zero-order chi connectivity index (χ0) is 21.2. The molecule has 0 spiro atoms. The van der Waals surface area contributed by atoms with E-state index in [-0.39, 0.29) is 0 Å². The maximum atomic E-state index is 6.77. The molecule has 0 aromatic heterocycles. The van der Waals surface area contributed by atoms with Crippen molar-refractivity contribution in [3.05, 3.63) is 0 Å². The fraction of sp³-hybridized carbons (Fsp3) is 1.00. The minimum Gasteiger partial charge on any atom is -0.415 e. The molecule has 4 fully saturated rings. The molecule has 0 saturated heterocycles. The van der Waals surface area contributed by atoms with Gasteiger partial charge >= 0.3 is 0 Å². The van der Waals surface area contributed by atoms with Crippen molar-refractivity contribution < 1.29 is 8.85 Å². The molecule has 4 rings (SSSR count). The molecule has 4 saturated carbocycles. The molecule has 4 heteroatoms. The van der Waals surface area contributed by atoms with E-state index in [2.05, 4.69) is 53.1 Å². The third-order valence-corrected chi connectivity index (χ3v) is 11.6. The molecule has 2 nitrogen and oxygen atoms in total. The van der Waals surface area contributed by atoms with Crippen LogP contribution in [0.5, 0.6) is 0 Å². The SMILES string of the molecule is CC12CC[C@@H](O[Si](C)(C)C)CC1CCC1C2CCC2(C)C(O[Si](C)(C)C)CCC12. The summed E-state index contributed by atoms with van der Waals surface area (Å²) >= 11 is 0. The molecule has 4 aliphatic rings. The highest BCUT2D eigenvalue weighted by Crippen LogP contribution is 2.66. The first kappa shape index (κ1) is 22.5. The van der Waals surface area contributed by atoms with Gasteiger partial charge in [-0.1, -0.05) is 13.8 Å². The molecule has 0 aromatic carbocycles. The second-order valence-corrected chi connectivity index (χ2v) is 22.5. The van der Waals surface area contributed by atoms with Crippen molar-refractivity contribution in [2.45, 2.75) is 123 Å². The minimum absolute atomic E-state index is 0.447. The Kier molecular flexibility index (Phi) is 5.79. The van der Waals surface area contributed by atoms with Crippen LogP contribution in [-0.4, -0.2) is 28.8 Å². The van der Waals surface area contributed by atoms with Crippen molar-refractivity contribution in [2.24, 2.45) is 34.5 Å². The van der Waals surface area contributed by atoms with Gasteiger partial charge in [0.05, 0.1) is 6.10 Å². The highest BCUT2D eigenvalue weighted by atomic mass is 28.4. The summed E-state index contributed by atoms with van der Waals surface area (Å²) in [6.07, 6.45) is 13.7. The van der Waals surface area contributed by atoms with E-state index in [4.69, 9.17) is 8.85 Å². The Morgan fingerprint density at radius 1 is 0.655 bits per heavy atom. The number of hydrogen-bond donors (Lipinski definition) is 0. The van der Waals surface area contributed by atoms with Gasteiger partial charge in [-0.3, -0.25) is 0 Å². The van der Waals surface area contributed by atoms with Crippen molar-refractivity contribution >= 4 is 16.6 Å².